The molecule has 0 aromatic carbocycles. The molecule has 0 radical (unpaired) electrons. The Labute approximate surface area is 87.9 Å². The van der Waals surface area contributed by atoms with Gasteiger partial charge in [-0.3, -0.25) is 0 Å². The van der Waals surface area contributed by atoms with Gasteiger partial charge in [0.05, 0.1) is 12.4 Å². The second kappa shape index (κ2) is 3.88. The monoisotopic (exact) mass is 208 g/mol. The molecule has 0 amide bonds. The second-order valence-electron chi connectivity index (χ2n) is 3.42. The fourth-order valence-corrected chi connectivity index (χ4v) is 1.40. The summed E-state index contributed by atoms with van der Waals surface area (Å²) in [4.78, 5) is 8.56. The minimum atomic E-state index is 0.285. The Kier molecular flexibility index (Phi) is 2.58. The summed E-state index contributed by atoms with van der Waals surface area (Å²) < 4.78 is 0. The van der Waals surface area contributed by atoms with Gasteiger partial charge in [0, 0.05) is 6.04 Å². The minimum Gasteiger partial charge on any atom is -0.388 e. The average Bonchev–Trinajstić information content (AvgIpc) is 2.12. The summed E-state index contributed by atoms with van der Waals surface area (Å²) in [6.45, 7) is 0. The van der Waals surface area contributed by atoms with Crippen LogP contribution in [0.3, 0.4) is 0 Å². The van der Waals surface area contributed by atoms with Crippen molar-refractivity contribution in [2.45, 2.75) is 25.3 Å². The summed E-state index contributed by atoms with van der Waals surface area (Å²) in [7, 11) is 0. The third-order valence-electron chi connectivity index (χ3n) is 2.36. The molecule has 1 aliphatic rings. The van der Waals surface area contributed by atoms with Crippen LogP contribution in [0.15, 0.2) is 12.4 Å². The van der Waals surface area contributed by atoms with Gasteiger partial charge >= 0.3 is 0 Å². The molecule has 0 unspecified atom stereocenters. The maximum absolute atomic E-state index is 5.41. The quantitative estimate of drug-likeness (QED) is 0.728. The van der Waals surface area contributed by atoms with E-state index in [1.54, 1.807) is 12.4 Å². The van der Waals surface area contributed by atoms with Crippen molar-refractivity contribution < 1.29 is 0 Å². The first-order valence-electron chi connectivity index (χ1n) is 4.64. The van der Waals surface area contributed by atoms with E-state index in [0.29, 0.717) is 11.7 Å². The summed E-state index contributed by atoms with van der Waals surface area (Å²) in [5, 5.41) is 3.29. The topological polar surface area (TPSA) is 63.8 Å². The highest BCUT2D eigenvalue weighted by molar-refractivity contribution is 7.80. The molecule has 0 spiro atoms. The second-order valence-corrected chi connectivity index (χ2v) is 3.86. The molecule has 0 aliphatic heterocycles. The summed E-state index contributed by atoms with van der Waals surface area (Å²) in [5.41, 5.74) is 5.98. The van der Waals surface area contributed by atoms with E-state index in [1.807, 2.05) is 0 Å². The molecule has 0 atom stereocenters. The van der Waals surface area contributed by atoms with E-state index in [-0.39, 0.29) is 4.99 Å². The normalized spacial score (nSPS) is 16.0. The molecular weight excluding hydrogens is 196 g/mol. The first-order valence-corrected chi connectivity index (χ1v) is 5.05. The van der Waals surface area contributed by atoms with Gasteiger partial charge < -0.3 is 11.1 Å². The molecule has 1 fully saturated rings. The molecule has 1 saturated carbocycles. The number of nitrogens with zero attached hydrogens (tertiary/aromatic N) is 2. The molecular formula is C9H12N4S. The minimum absolute atomic E-state index is 0.285. The molecule has 0 bridgehead atoms. The van der Waals surface area contributed by atoms with Gasteiger partial charge in [0.15, 0.2) is 0 Å². The molecule has 1 aromatic heterocycles. The number of aromatic nitrogens is 2. The molecule has 0 saturated heterocycles. The van der Waals surface area contributed by atoms with Crippen LogP contribution in [0.25, 0.3) is 0 Å². The van der Waals surface area contributed by atoms with E-state index < -0.39 is 0 Å². The molecule has 1 aliphatic carbocycles. The lowest BCUT2D eigenvalue weighted by molar-refractivity contribution is 0.444. The molecule has 74 valence electrons. The summed E-state index contributed by atoms with van der Waals surface area (Å²) in [6, 6.07) is 0.569. The van der Waals surface area contributed by atoms with Gasteiger partial charge in [-0.1, -0.05) is 12.2 Å². The maximum Gasteiger partial charge on any atom is 0.144 e. The lowest BCUT2D eigenvalue weighted by atomic mass is 9.93. The van der Waals surface area contributed by atoms with Crippen LogP contribution in [0.1, 0.15) is 25.0 Å². The van der Waals surface area contributed by atoms with Gasteiger partial charge in [0.1, 0.15) is 16.5 Å². The number of rotatable bonds is 3. The maximum atomic E-state index is 5.41. The van der Waals surface area contributed by atoms with Crippen molar-refractivity contribution in [1.82, 2.24) is 9.97 Å². The number of hydrogen-bond acceptors (Lipinski definition) is 4. The number of nitrogens with two attached hydrogens (primary N) is 1. The van der Waals surface area contributed by atoms with Crippen LogP contribution in [0, 0.1) is 0 Å². The van der Waals surface area contributed by atoms with Crippen LogP contribution >= 0.6 is 12.2 Å². The highest BCUT2D eigenvalue weighted by atomic mass is 32.1. The van der Waals surface area contributed by atoms with Crippen molar-refractivity contribution in [1.29, 1.82) is 0 Å². The lowest BCUT2D eigenvalue weighted by Gasteiger charge is -2.26. The molecule has 5 heteroatoms. The fourth-order valence-electron chi connectivity index (χ4n) is 1.29. The van der Waals surface area contributed by atoms with Crippen molar-refractivity contribution in [3.8, 4) is 0 Å². The van der Waals surface area contributed by atoms with Crippen molar-refractivity contribution in [2.24, 2.45) is 5.73 Å². The predicted molar refractivity (Wildman–Crippen MR) is 59.2 cm³/mol. The van der Waals surface area contributed by atoms with E-state index in [4.69, 9.17) is 18.0 Å². The third kappa shape index (κ3) is 1.98. The Morgan fingerprint density at radius 3 is 2.64 bits per heavy atom. The Balaban J connectivity index is 2.01. The summed E-state index contributed by atoms with van der Waals surface area (Å²) >= 11 is 4.78. The van der Waals surface area contributed by atoms with Gasteiger partial charge in [-0.2, -0.15) is 0 Å². The summed E-state index contributed by atoms with van der Waals surface area (Å²) in [6.07, 6.45) is 7.02. The zero-order chi connectivity index (χ0) is 9.97. The first-order chi connectivity index (χ1) is 6.75. The van der Waals surface area contributed by atoms with Crippen molar-refractivity contribution in [2.75, 3.05) is 5.32 Å². The van der Waals surface area contributed by atoms with Crippen LogP contribution in [0.5, 0.6) is 0 Å². The predicted octanol–water partition coefficient (Wildman–Crippen LogP) is 1.08. The Morgan fingerprint density at radius 1 is 1.43 bits per heavy atom. The Bertz CT molecular complexity index is 331. The first kappa shape index (κ1) is 9.33. The molecule has 3 N–H and O–H groups in total. The highest BCUT2D eigenvalue weighted by Gasteiger charge is 2.17. The zero-order valence-electron chi connectivity index (χ0n) is 7.73. The number of nitrogens with one attached hydrogen (secondary N) is 1. The molecule has 1 heterocycles. The van der Waals surface area contributed by atoms with Gasteiger partial charge in [0.2, 0.25) is 0 Å². The SMILES string of the molecule is NC(=S)c1cnc(NC2CCC2)cn1. The van der Waals surface area contributed by atoms with Gasteiger partial charge in [-0.15, -0.1) is 0 Å². The van der Waals surface area contributed by atoms with E-state index >= 15 is 0 Å². The number of hydrogen-bond donors (Lipinski definition) is 2. The van der Waals surface area contributed by atoms with Crippen LogP contribution in [0.4, 0.5) is 5.82 Å². The average molecular weight is 208 g/mol. The highest BCUT2D eigenvalue weighted by Crippen LogP contribution is 2.21. The van der Waals surface area contributed by atoms with Gasteiger partial charge in [0.25, 0.3) is 0 Å². The van der Waals surface area contributed by atoms with Crippen LogP contribution in [0.2, 0.25) is 0 Å². The Hall–Kier alpha value is -1.23. The standard InChI is InChI=1S/C9H12N4S/c10-9(14)7-4-12-8(5-11-7)13-6-2-1-3-6/h4-6H,1-3H2,(H2,10,14)(H,12,13). The molecule has 2 rings (SSSR count). The van der Waals surface area contributed by atoms with Crippen LogP contribution in [-0.2, 0) is 0 Å². The van der Waals surface area contributed by atoms with Crippen LogP contribution in [-0.4, -0.2) is 21.0 Å². The molecule has 1 aromatic rings. The van der Waals surface area contributed by atoms with Gasteiger partial charge in [-0.25, -0.2) is 9.97 Å². The third-order valence-corrected chi connectivity index (χ3v) is 2.57. The van der Waals surface area contributed by atoms with E-state index in [1.165, 1.54) is 19.3 Å². The smallest absolute Gasteiger partial charge is 0.144 e. The van der Waals surface area contributed by atoms with Crippen LogP contribution < -0.4 is 11.1 Å². The Morgan fingerprint density at radius 2 is 2.21 bits per heavy atom. The van der Waals surface area contributed by atoms with Crippen molar-refractivity contribution >= 4 is 23.0 Å². The fraction of sp³-hybridized carbons (Fsp3) is 0.444. The van der Waals surface area contributed by atoms with Gasteiger partial charge in [-0.05, 0) is 19.3 Å². The molecule has 14 heavy (non-hydrogen) atoms. The van der Waals surface area contributed by atoms with Crippen molar-refractivity contribution in [3.63, 3.8) is 0 Å². The summed E-state index contributed by atoms with van der Waals surface area (Å²) in [5.74, 6) is 0.801. The molecule has 4 nitrogen and oxygen atoms in total. The number of anilines is 1. The van der Waals surface area contributed by atoms with Crippen molar-refractivity contribution in [3.05, 3.63) is 18.1 Å². The van der Waals surface area contributed by atoms with E-state index in [9.17, 15) is 0 Å². The zero-order valence-corrected chi connectivity index (χ0v) is 8.55. The number of thiocarbonyl (C=S) groups is 1. The largest absolute Gasteiger partial charge is 0.388 e. The van der Waals surface area contributed by atoms with E-state index in [2.05, 4.69) is 15.3 Å². The van der Waals surface area contributed by atoms with E-state index in [0.717, 1.165) is 5.82 Å². The lowest BCUT2D eigenvalue weighted by Crippen LogP contribution is -2.27.